The summed E-state index contributed by atoms with van der Waals surface area (Å²) in [5.41, 5.74) is 5.34. The van der Waals surface area contributed by atoms with Crippen molar-refractivity contribution in [2.24, 2.45) is 5.73 Å². The van der Waals surface area contributed by atoms with Gasteiger partial charge in [0.1, 0.15) is 12.6 Å². The highest BCUT2D eigenvalue weighted by Crippen LogP contribution is 2.43. The van der Waals surface area contributed by atoms with Gasteiger partial charge in [0.15, 0.2) is 6.10 Å². The summed E-state index contributed by atoms with van der Waals surface area (Å²) in [4.78, 5) is 46.1. The fourth-order valence-electron chi connectivity index (χ4n) is 6.49. The molecule has 0 aliphatic carbocycles. The molecule has 0 aromatic carbocycles. The van der Waals surface area contributed by atoms with Gasteiger partial charge in [-0.15, -0.1) is 0 Å². The van der Waals surface area contributed by atoms with Crippen molar-refractivity contribution in [1.82, 2.24) is 0 Å². The highest BCUT2D eigenvalue weighted by Gasteiger charge is 2.28. The number of ether oxygens (including phenoxy) is 2. The lowest BCUT2D eigenvalue weighted by Gasteiger charge is -2.20. The molecular formula is C52H90NO10P. The van der Waals surface area contributed by atoms with Crippen LogP contribution in [0.4, 0.5) is 0 Å². The monoisotopic (exact) mass is 920 g/mol. The van der Waals surface area contributed by atoms with Crippen molar-refractivity contribution < 1.29 is 47.5 Å². The number of phosphoric ester groups is 1. The van der Waals surface area contributed by atoms with Crippen molar-refractivity contribution in [3.8, 4) is 0 Å². The summed E-state index contributed by atoms with van der Waals surface area (Å²) in [7, 11) is -4.75. The SMILES string of the molecule is CCCCC/C=C/C/C=C/C/C=C/C/C=C/CCCC(=O)OC[C@@H](COP(=O)(O)OC[C@H](N)C(=O)O)OC(=O)CCC/C=C/CC/C=C/CCCCCCCCCCCCCCCC. The van der Waals surface area contributed by atoms with E-state index in [4.69, 9.17) is 24.8 Å². The molecule has 4 N–H and O–H groups in total. The Kier molecular flexibility index (Phi) is 44.2. The lowest BCUT2D eigenvalue weighted by Crippen LogP contribution is -2.34. The molecule has 0 aliphatic rings. The van der Waals surface area contributed by atoms with E-state index in [1.807, 2.05) is 18.2 Å². The first-order valence-electron chi connectivity index (χ1n) is 25.0. The van der Waals surface area contributed by atoms with Gasteiger partial charge in [-0.25, -0.2) is 4.57 Å². The van der Waals surface area contributed by atoms with Crippen LogP contribution in [0.3, 0.4) is 0 Å². The molecule has 0 amide bonds. The fraction of sp³-hybridized carbons (Fsp3) is 0.712. The Hall–Kier alpha value is -3.08. The van der Waals surface area contributed by atoms with Crippen molar-refractivity contribution in [2.45, 2.75) is 219 Å². The molecule has 3 atom stereocenters. The normalized spacial score (nSPS) is 14.2. The van der Waals surface area contributed by atoms with Crippen LogP contribution < -0.4 is 5.73 Å². The van der Waals surface area contributed by atoms with Gasteiger partial charge in [-0.3, -0.25) is 23.4 Å². The second-order valence-electron chi connectivity index (χ2n) is 16.6. The number of rotatable bonds is 46. The molecule has 12 heteroatoms. The number of carboxylic acid groups (broad SMARTS) is 1. The van der Waals surface area contributed by atoms with E-state index >= 15 is 0 Å². The molecule has 0 fully saturated rings. The Balaban J connectivity index is 4.39. The number of carboxylic acids is 1. The number of unbranched alkanes of at least 4 members (excludes halogenated alkanes) is 20. The zero-order chi connectivity index (χ0) is 47.0. The van der Waals surface area contributed by atoms with Crippen LogP contribution in [-0.4, -0.2) is 59.9 Å². The predicted octanol–water partition coefficient (Wildman–Crippen LogP) is 14.1. The molecule has 0 aromatic heterocycles. The number of hydrogen-bond donors (Lipinski definition) is 3. The molecule has 0 bridgehead atoms. The summed E-state index contributed by atoms with van der Waals surface area (Å²) in [6, 6.07) is -1.54. The average Bonchev–Trinajstić information content (AvgIpc) is 3.27. The highest BCUT2D eigenvalue weighted by atomic mass is 31.2. The summed E-state index contributed by atoms with van der Waals surface area (Å²) >= 11 is 0. The summed E-state index contributed by atoms with van der Waals surface area (Å²) in [6.07, 6.45) is 57.1. The van der Waals surface area contributed by atoms with Crippen LogP contribution in [-0.2, 0) is 37.5 Å². The smallest absolute Gasteiger partial charge is 0.472 e. The summed E-state index contributed by atoms with van der Waals surface area (Å²) < 4.78 is 32.7. The summed E-state index contributed by atoms with van der Waals surface area (Å²) in [5.74, 6) is -2.51. The van der Waals surface area contributed by atoms with Gasteiger partial charge in [0.25, 0.3) is 0 Å². The van der Waals surface area contributed by atoms with Gasteiger partial charge in [-0.2, -0.15) is 0 Å². The van der Waals surface area contributed by atoms with Crippen LogP contribution in [0.15, 0.2) is 72.9 Å². The Labute approximate surface area is 389 Å². The summed E-state index contributed by atoms with van der Waals surface area (Å²) in [5, 5.41) is 8.91. The first-order valence-corrected chi connectivity index (χ1v) is 26.5. The number of nitrogens with two attached hydrogens (primary N) is 1. The maximum Gasteiger partial charge on any atom is 0.472 e. The maximum atomic E-state index is 12.7. The molecule has 368 valence electrons. The number of phosphoric acid groups is 1. The van der Waals surface area contributed by atoms with E-state index in [1.165, 1.54) is 109 Å². The molecule has 0 rings (SSSR count). The summed E-state index contributed by atoms with van der Waals surface area (Å²) in [6.45, 7) is 2.70. The molecule has 0 saturated heterocycles. The van der Waals surface area contributed by atoms with E-state index in [0.717, 1.165) is 44.9 Å². The number of esters is 2. The minimum absolute atomic E-state index is 0.0870. The van der Waals surface area contributed by atoms with Crippen molar-refractivity contribution >= 4 is 25.7 Å². The topological polar surface area (TPSA) is 172 Å². The molecule has 11 nitrogen and oxygen atoms in total. The molecule has 1 unspecified atom stereocenters. The zero-order valence-corrected chi connectivity index (χ0v) is 41.0. The van der Waals surface area contributed by atoms with Crippen LogP contribution >= 0.6 is 7.82 Å². The van der Waals surface area contributed by atoms with Crippen LogP contribution in [0.2, 0.25) is 0 Å². The molecule has 0 aliphatic heterocycles. The maximum absolute atomic E-state index is 12.7. The van der Waals surface area contributed by atoms with Crippen molar-refractivity contribution in [3.05, 3.63) is 72.9 Å². The Bertz CT molecular complexity index is 1360. The Morgan fingerprint density at radius 1 is 0.484 bits per heavy atom. The van der Waals surface area contributed by atoms with E-state index in [-0.39, 0.29) is 12.8 Å². The standard InChI is InChI=1S/C52H90NO10P/c1-3-5-7-9-11-13-15-17-19-21-22-23-24-25-26-28-30-32-34-36-38-40-42-44-51(55)63-48(46-61-64(58,59)62-47-49(53)52(56)57)45-60-50(54)43-41-39-37-35-33-31-29-27-20-18-16-14-12-10-8-6-4-2/h12,14,18,20,28-31,35-38,48-49H,3-11,13,15-17,19,21-27,32-34,39-47,53H2,1-2H3,(H,56,57)(H,58,59)/b14-12+,20-18+,30-28+,31-29+,37-35+,38-36+/t48-,49-/m0/s1. The van der Waals surface area contributed by atoms with Crippen molar-refractivity contribution in [1.29, 1.82) is 0 Å². The largest absolute Gasteiger partial charge is 0.480 e. The van der Waals surface area contributed by atoms with Crippen molar-refractivity contribution in [3.63, 3.8) is 0 Å². The first kappa shape index (κ1) is 60.9. The molecular weight excluding hydrogens is 830 g/mol. The average molecular weight is 920 g/mol. The molecule has 0 heterocycles. The van der Waals surface area contributed by atoms with Crippen LogP contribution in [0.5, 0.6) is 0 Å². The number of allylic oxidation sites excluding steroid dienone is 12. The van der Waals surface area contributed by atoms with Crippen molar-refractivity contribution in [2.75, 3.05) is 19.8 Å². The van der Waals surface area contributed by atoms with E-state index < -0.39 is 57.7 Å². The first-order chi connectivity index (χ1) is 31.1. The van der Waals surface area contributed by atoms with Gasteiger partial charge in [0, 0.05) is 12.8 Å². The minimum atomic E-state index is -4.75. The second kappa shape index (κ2) is 46.4. The van der Waals surface area contributed by atoms with Gasteiger partial charge in [0.05, 0.1) is 13.2 Å². The molecule has 0 radical (unpaired) electrons. The van der Waals surface area contributed by atoms with Crippen LogP contribution in [0.25, 0.3) is 0 Å². The highest BCUT2D eigenvalue weighted by molar-refractivity contribution is 7.47. The fourth-order valence-corrected chi connectivity index (χ4v) is 7.27. The third-order valence-corrected chi connectivity index (χ3v) is 11.4. The third-order valence-electron chi connectivity index (χ3n) is 10.4. The minimum Gasteiger partial charge on any atom is -0.480 e. The van der Waals surface area contributed by atoms with Crippen LogP contribution in [0.1, 0.15) is 206 Å². The number of hydrogen-bond acceptors (Lipinski definition) is 9. The quantitative estimate of drug-likeness (QED) is 0.0230. The van der Waals surface area contributed by atoms with E-state index in [2.05, 4.69) is 73.1 Å². The number of aliphatic carboxylic acids is 1. The predicted molar refractivity (Wildman–Crippen MR) is 263 cm³/mol. The van der Waals surface area contributed by atoms with E-state index in [9.17, 15) is 23.8 Å². The van der Waals surface area contributed by atoms with E-state index in [1.54, 1.807) is 0 Å². The lowest BCUT2D eigenvalue weighted by atomic mass is 10.0. The Morgan fingerprint density at radius 3 is 1.33 bits per heavy atom. The Morgan fingerprint density at radius 2 is 0.844 bits per heavy atom. The molecule has 0 spiro atoms. The number of carbonyl (C=O) groups excluding carboxylic acids is 2. The molecule has 0 aromatic rings. The van der Waals surface area contributed by atoms with Gasteiger partial charge < -0.3 is 25.2 Å². The third kappa shape index (κ3) is 45.5. The van der Waals surface area contributed by atoms with Gasteiger partial charge in [-0.1, -0.05) is 183 Å². The lowest BCUT2D eigenvalue weighted by molar-refractivity contribution is -0.161. The zero-order valence-electron chi connectivity index (χ0n) is 40.1. The van der Waals surface area contributed by atoms with E-state index in [0.29, 0.717) is 25.7 Å². The molecule has 0 saturated carbocycles. The second-order valence-corrected chi connectivity index (χ2v) is 18.0. The van der Waals surface area contributed by atoms with Crippen LogP contribution in [0, 0.1) is 0 Å². The number of carbonyl (C=O) groups is 3. The van der Waals surface area contributed by atoms with Gasteiger partial charge >= 0.3 is 25.7 Å². The van der Waals surface area contributed by atoms with Gasteiger partial charge in [0.2, 0.25) is 0 Å². The van der Waals surface area contributed by atoms with Gasteiger partial charge in [-0.05, 0) is 83.5 Å². The molecule has 64 heavy (non-hydrogen) atoms.